The van der Waals surface area contributed by atoms with Crippen molar-refractivity contribution in [2.75, 3.05) is 7.05 Å². The Morgan fingerprint density at radius 3 is 2.61 bits per heavy atom. The summed E-state index contributed by atoms with van der Waals surface area (Å²) in [4.78, 5) is 19.0. The molecule has 5 rings (SSSR count). The molecule has 0 radical (unpaired) electrons. The van der Waals surface area contributed by atoms with Crippen molar-refractivity contribution in [1.82, 2.24) is 19.0 Å². The highest BCUT2D eigenvalue weighted by Gasteiger charge is 2.26. The van der Waals surface area contributed by atoms with Gasteiger partial charge in [-0.3, -0.25) is 4.57 Å². The molecule has 0 atom stereocenters. The molecule has 1 aliphatic heterocycles. The zero-order valence-corrected chi connectivity index (χ0v) is 22.2. The molecular weight excluding hydrogens is 518 g/mol. The molecule has 2 aromatic heterocycles. The second-order valence-electron chi connectivity index (χ2n) is 9.95. The summed E-state index contributed by atoms with van der Waals surface area (Å²) in [5, 5.41) is 9.14. The van der Waals surface area contributed by atoms with Gasteiger partial charge in [0.2, 0.25) is 0 Å². The summed E-state index contributed by atoms with van der Waals surface area (Å²) in [7, 11) is 1.74. The number of amides is 1. The lowest BCUT2D eigenvalue weighted by atomic mass is 10.1. The molecule has 0 spiro atoms. The van der Waals surface area contributed by atoms with Crippen LogP contribution in [0.1, 0.15) is 37.6 Å². The number of fused-ring (bicyclic) bond motifs is 5. The van der Waals surface area contributed by atoms with E-state index in [0.29, 0.717) is 18.7 Å². The van der Waals surface area contributed by atoms with E-state index in [0.717, 1.165) is 44.1 Å². The SMILES string of the molecule is CN(Cc1cnc2n1-c1ccc(Br)cc1Cn1cc(-c3ccc(C#N)cc3)cc1-2)C(=O)OC(C)(C)C. The first kappa shape index (κ1) is 23.9. The average molecular weight is 544 g/mol. The predicted molar refractivity (Wildman–Crippen MR) is 142 cm³/mol. The maximum absolute atomic E-state index is 12.7. The van der Waals surface area contributed by atoms with E-state index in [1.165, 1.54) is 0 Å². The Morgan fingerprint density at radius 1 is 1.17 bits per heavy atom. The Hall–Kier alpha value is -3.83. The summed E-state index contributed by atoms with van der Waals surface area (Å²) in [5.74, 6) is 0.809. The lowest BCUT2D eigenvalue weighted by molar-refractivity contribution is 0.0282. The molecule has 0 unspecified atom stereocenters. The number of nitriles is 1. The maximum Gasteiger partial charge on any atom is 0.410 e. The topological polar surface area (TPSA) is 76.1 Å². The first-order valence-corrected chi connectivity index (χ1v) is 12.4. The van der Waals surface area contributed by atoms with Gasteiger partial charge in [-0.2, -0.15) is 5.26 Å². The Balaban J connectivity index is 1.59. The monoisotopic (exact) mass is 543 g/mol. The molecule has 8 heteroatoms. The number of nitrogens with zero attached hydrogens (tertiary/aromatic N) is 5. The molecule has 36 heavy (non-hydrogen) atoms. The van der Waals surface area contributed by atoms with E-state index in [4.69, 9.17) is 15.0 Å². The second kappa shape index (κ2) is 8.99. The molecule has 0 bridgehead atoms. The van der Waals surface area contributed by atoms with Crippen LogP contribution >= 0.6 is 15.9 Å². The van der Waals surface area contributed by atoms with Gasteiger partial charge in [0.25, 0.3) is 0 Å². The number of imidazole rings is 1. The van der Waals surface area contributed by atoms with Crippen molar-refractivity contribution in [3.63, 3.8) is 0 Å². The van der Waals surface area contributed by atoms with Gasteiger partial charge < -0.3 is 14.2 Å². The van der Waals surface area contributed by atoms with Gasteiger partial charge in [-0.25, -0.2) is 9.78 Å². The van der Waals surface area contributed by atoms with Crippen molar-refractivity contribution in [2.45, 2.75) is 39.5 Å². The molecule has 0 N–H and O–H groups in total. The number of ether oxygens (including phenoxy) is 1. The minimum atomic E-state index is -0.568. The third-order valence-electron chi connectivity index (χ3n) is 6.04. The summed E-state index contributed by atoms with van der Waals surface area (Å²) >= 11 is 3.62. The number of benzene rings is 2. The minimum absolute atomic E-state index is 0.348. The Bertz CT molecular complexity index is 1500. The van der Waals surface area contributed by atoms with Gasteiger partial charge in [-0.05, 0) is 68.3 Å². The summed E-state index contributed by atoms with van der Waals surface area (Å²) in [5.41, 5.74) is 6.17. The highest BCUT2D eigenvalue weighted by Crippen LogP contribution is 2.36. The van der Waals surface area contributed by atoms with Crippen LogP contribution in [-0.2, 0) is 17.8 Å². The smallest absolute Gasteiger partial charge is 0.410 e. The number of carbonyl (C=O) groups is 1. The van der Waals surface area contributed by atoms with Gasteiger partial charge in [-0.1, -0.05) is 28.1 Å². The molecule has 1 amide bonds. The van der Waals surface area contributed by atoms with Crippen LogP contribution in [0.3, 0.4) is 0 Å². The number of hydrogen-bond acceptors (Lipinski definition) is 4. The zero-order valence-electron chi connectivity index (χ0n) is 20.6. The normalized spacial score (nSPS) is 12.1. The van der Waals surface area contributed by atoms with Crippen LogP contribution in [-0.4, -0.2) is 37.8 Å². The summed E-state index contributed by atoms with van der Waals surface area (Å²) in [6.07, 6.45) is 3.57. The maximum atomic E-state index is 12.7. The molecule has 0 aliphatic carbocycles. The molecule has 4 aromatic rings. The fourth-order valence-electron chi connectivity index (χ4n) is 4.40. The van der Waals surface area contributed by atoms with E-state index in [2.05, 4.69) is 55.5 Å². The van der Waals surface area contributed by atoms with E-state index in [1.807, 2.05) is 57.3 Å². The Morgan fingerprint density at radius 2 is 1.92 bits per heavy atom. The van der Waals surface area contributed by atoms with Crippen molar-refractivity contribution >= 4 is 22.0 Å². The lowest BCUT2D eigenvalue weighted by Gasteiger charge is -2.25. The van der Waals surface area contributed by atoms with E-state index in [9.17, 15) is 4.79 Å². The fourth-order valence-corrected chi connectivity index (χ4v) is 4.81. The van der Waals surface area contributed by atoms with Gasteiger partial charge in [0.05, 0.1) is 41.4 Å². The van der Waals surface area contributed by atoms with Crippen LogP contribution in [0.25, 0.3) is 28.3 Å². The van der Waals surface area contributed by atoms with Crippen molar-refractivity contribution in [3.8, 4) is 34.4 Å². The number of rotatable bonds is 3. The standard InChI is InChI=1S/C28H26BrN5O2/c1-28(2,3)36-27(35)32(4)17-23-14-31-26-25-12-20(19-7-5-18(13-30)6-8-19)15-33(25)16-21-11-22(29)9-10-24(21)34(23)26/h5-12,14-15H,16-17H2,1-4H3. The van der Waals surface area contributed by atoms with Crippen molar-refractivity contribution in [3.05, 3.63) is 82.2 Å². The van der Waals surface area contributed by atoms with Crippen molar-refractivity contribution < 1.29 is 9.53 Å². The quantitative estimate of drug-likeness (QED) is 0.265. The Labute approximate surface area is 218 Å². The van der Waals surface area contributed by atoms with E-state index < -0.39 is 5.60 Å². The minimum Gasteiger partial charge on any atom is -0.444 e. The van der Waals surface area contributed by atoms with E-state index in [-0.39, 0.29) is 6.09 Å². The van der Waals surface area contributed by atoms with Crippen LogP contribution in [0, 0.1) is 11.3 Å². The molecule has 7 nitrogen and oxygen atoms in total. The van der Waals surface area contributed by atoms with Gasteiger partial charge >= 0.3 is 6.09 Å². The van der Waals surface area contributed by atoms with Crippen LogP contribution in [0.5, 0.6) is 0 Å². The molecule has 0 saturated heterocycles. The highest BCUT2D eigenvalue weighted by molar-refractivity contribution is 9.10. The number of hydrogen-bond donors (Lipinski definition) is 0. The summed E-state index contributed by atoms with van der Waals surface area (Å²) in [6.45, 7) is 6.59. The van der Waals surface area contributed by atoms with Gasteiger partial charge in [0, 0.05) is 29.8 Å². The molecule has 0 saturated carbocycles. The average Bonchev–Trinajstić information content (AvgIpc) is 3.39. The second-order valence-corrected chi connectivity index (χ2v) is 10.9. The van der Waals surface area contributed by atoms with Crippen LogP contribution < -0.4 is 0 Å². The van der Waals surface area contributed by atoms with Crippen LogP contribution in [0.15, 0.2) is 65.4 Å². The third-order valence-corrected chi connectivity index (χ3v) is 6.53. The van der Waals surface area contributed by atoms with E-state index in [1.54, 1.807) is 11.9 Å². The number of halogens is 1. The lowest BCUT2D eigenvalue weighted by Crippen LogP contribution is -2.34. The fraction of sp³-hybridized carbons (Fsp3) is 0.250. The van der Waals surface area contributed by atoms with Gasteiger partial charge in [0.1, 0.15) is 5.60 Å². The van der Waals surface area contributed by atoms with Crippen LogP contribution in [0.2, 0.25) is 0 Å². The molecule has 1 aliphatic rings. The third kappa shape index (κ3) is 4.54. The van der Waals surface area contributed by atoms with Crippen molar-refractivity contribution in [1.29, 1.82) is 5.26 Å². The Kier molecular flexibility index (Phi) is 5.97. The first-order valence-electron chi connectivity index (χ1n) is 11.6. The molecule has 182 valence electrons. The van der Waals surface area contributed by atoms with Gasteiger partial charge in [-0.15, -0.1) is 0 Å². The zero-order chi connectivity index (χ0) is 25.6. The number of aromatic nitrogens is 3. The first-order chi connectivity index (χ1) is 17.1. The van der Waals surface area contributed by atoms with Crippen LogP contribution in [0.4, 0.5) is 4.79 Å². The molecular formula is C28H26BrN5O2. The summed E-state index contributed by atoms with van der Waals surface area (Å²) in [6, 6.07) is 18.1. The van der Waals surface area contributed by atoms with E-state index >= 15 is 0 Å². The van der Waals surface area contributed by atoms with Crippen molar-refractivity contribution in [2.24, 2.45) is 0 Å². The predicted octanol–water partition coefficient (Wildman–Crippen LogP) is 6.37. The van der Waals surface area contributed by atoms with Gasteiger partial charge in [0.15, 0.2) is 5.82 Å². The highest BCUT2D eigenvalue weighted by atomic mass is 79.9. The largest absolute Gasteiger partial charge is 0.444 e. The molecule has 0 fully saturated rings. The summed E-state index contributed by atoms with van der Waals surface area (Å²) < 4.78 is 10.9. The molecule has 2 aromatic carbocycles. The number of carbonyl (C=O) groups excluding carboxylic acids is 1. The molecule has 3 heterocycles.